The van der Waals surface area contributed by atoms with Crippen LogP contribution in [-0.4, -0.2) is 64.6 Å². The molecule has 1 N–H and O–H groups in total. The van der Waals surface area contributed by atoms with E-state index in [2.05, 4.69) is 35.2 Å². The van der Waals surface area contributed by atoms with Crippen molar-refractivity contribution in [2.24, 2.45) is 0 Å². The number of nitrogens with zero attached hydrogens (tertiary/aromatic N) is 4. The van der Waals surface area contributed by atoms with Crippen molar-refractivity contribution in [1.82, 2.24) is 19.8 Å². The summed E-state index contributed by atoms with van der Waals surface area (Å²) in [6.07, 6.45) is 2.74. The zero-order chi connectivity index (χ0) is 20.8. The summed E-state index contributed by atoms with van der Waals surface area (Å²) in [6, 6.07) is 8.02. The number of nitrogens with one attached hydrogen (secondary N) is 1. The highest BCUT2D eigenvalue weighted by Crippen LogP contribution is 2.25. The highest BCUT2D eigenvalue weighted by Gasteiger charge is 2.25. The van der Waals surface area contributed by atoms with E-state index in [0.717, 1.165) is 5.69 Å². The van der Waals surface area contributed by atoms with Crippen molar-refractivity contribution in [1.29, 1.82) is 0 Å². The molecule has 0 aliphatic carbocycles. The lowest BCUT2D eigenvalue weighted by molar-refractivity contribution is 0.0570. The van der Waals surface area contributed by atoms with E-state index >= 15 is 0 Å². The molecule has 1 fully saturated rings. The zero-order valence-electron chi connectivity index (χ0n) is 17.1. The molecule has 1 aromatic heterocycles. The Bertz CT molecular complexity index is 846. The van der Waals surface area contributed by atoms with Gasteiger partial charge in [0, 0.05) is 44.3 Å². The van der Waals surface area contributed by atoms with Crippen molar-refractivity contribution in [3.63, 3.8) is 0 Å². The highest BCUT2D eigenvalue weighted by molar-refractivity contribution is 5.94. The fraction of sp³-hybridized carbons (Fsp3) is 0.429. The molecule has 2 amide bonds. The van der Waals surface area contributed by atoms with Crippen molar-refractivity contribution in [2.45, 2.75) is 26.7 Å². The number of aromatic nitrogens is 2. The first-order valence-corrected chi connectivity index (χ1v) is 9.88. The number of para-hydroxylation sites is 1. The zero-order valence-corrected chi connectivity index (χ0v) is 17.1. The summed E-state index contributed by atoms with van der Waals surface area (Å²) in [6.45, 7) is 8.21. The molecule has 154 valence electrons. The Kier molecular flexibility index (Phi) is 6.64. The van der Waals surface area contributed by atoms with Gasteiger partial charge in [0.05, 0.1) is 12.2 Å². The summed E-state index contributed by atoms with van der Waals surface area (Å²) >= 11 is 0. The molecular weight excluding hydrogens is 370 g/mol. The van der Waals surface area contributed by atoms with Crippen molar-refractivity contribution in [2.75, 3.05) is 38.1 Å². The number of anilines is 2. The van der Waals surface area contributed by atoms with Gasteiger partial charge in [-0.15, -0.1) is 0 Å². The van der Waals surface area contributed by atoms with Crippen LogP contribution >= 0.6 is 0 Å². The van der Waals surface area contributed by atoms with Crippen molar-refractivity contribution in [3.05, 3.63) is 47.8 Å². The third-order valence-corrected chi connectivity index (χ3v) is 4.82. The summed E-state index contributed by atoms with van der Waals surface area (Å²) in [5, 5.41) is 3.22. The van der Waals surface area contributed by atoms with Gasteiger partial charge >= 0.3 is 6.09 Å². The van der Waals surface area contributed by atoms with Crippen molar-refractivity contribution in [3.8, 4) is 0 Å². The molecule has 29 heavy (non-hydrogen) atoms. The quantitative estimate of drug-likeness (QED) is 0.833. The molecule has 0 radical (unpaired) electrons. The van der Waals surface area contributed by atoms with Crippen molar-refractivity contribution >= 4 is 23.6 Å². The minimum atomic E-state index is -0.333. The topological polar surface area (TPSA) is 87.7 Å². The van der Waals surface area contributed by atoms with Crippen LogP contribution in [0.15, 0.2) is 36.7 Å². The van der Waals surface area contributed by atoms with Gasteiger partial charge in [-0.05, 0) is 24.5 Å². The summed E-state index contributed by atoms with van der Waals surface area (Å²) < 4.78 is 5.00. The van der Waals surface area contributed by atoms with Crippen LogP contribution < -0.4 is 5.32 Å². The molecule has 1 aliphatic rings. The largest absolute Gasteiger partial charge is 0.450 e. The number of carbonyl (C=O) groups is 2. The Morgan fingerprint density at radius 1 is 1.07 bits per heavy atom. The van der Waals surface area contributed by atoms with E-state index in [1.54, 1.807) is 16.7 Å². The number of hydrogen-bond donors (Lipinski definition) is 1. The number of piperazine rings is 1. The molecular formula is C21H27N5O3. The van der Waals surface area contributed by atoms with Crippen LogP contribution in [0.4, 0.5) is 16.4 Å². The molecule has 8 nitrogen and oxygen atoms in total. The number of hydrogen-bond acceptors (Lipinski definition) is 6. The number of rotatable bonds is 5. The molecule has 1 saturated heterocycles. The standard InChI is InChI=1S/C21H27N5O3/c1-4-29-21(28)26-11-9-25(10-12-26)19(27)16-13-22-20(23-14-16)24-18-8-6-5-7-17(18)15(2)3/h5-8,13-15H,4,9-12H2,1-3H3,(H,22,23,24). The molecule has 2 aromatic rings. The molecule has 0 saturated carbocycles. The highest BCUT2D eigenvalue weighted by atomic mass is 16.6. The lowest BCUT2D eigenvalue weighted by Crippen LogP contribution is -2.50. The van der Waals surface area contributed by atoms with E-state index < -0.39 is 0 Å². The monoisotopic (exact) mass is 397 g/mol. The Balaban J connectivity index is 1.61. The van der Waals surface area contributed by atoms with Gasteiger partial charge in [0.1, 0.15) is 0 Å². The lowest BCUT2D eigenvalue weighted by atomic mass is 10.0. The molecule has 0 unspecified atom stereocenters. The molecule has 3 rings (SSSR count). The van der Waals surface area contributed by atoms with Crippen LogP contribution in [0.25, 0.3) is 0 Å². The third-order valence-electron chi connectivity index (χ3n) is 4.82. The summed E-state index contributed by atoms with van der Waals surface area (Å²) in [4.78, 5) is 36.4. The van der Waals surface area contributed by atoms with E-state index in [4.69, 9.17) is 4.74 Å². The van der Waals surface area contributed by atoms with Gasteiger partial charge < -0.3 is 19.9 Å². The van der Waals surface area contributed by atoms with Crippen LogP contribution in [0.3, 0.4) is 0 Å². The van der Waals surface area contributed by atoms with Crippen LogP contribution in [0.1, 0.15) is 42.6 Å². The molecule has 0 bridgehead atoms. The third kappa shape index (κ3) is 5.01. The second-order valence-corrected chi connectivity index (χ2v) is 7.14. The Labute approximate surface area is 170 Å². The van der Waals surface area contributed by atoms with Crippen LogP contribution in [-0.2, 0) is 4.74 Å². The lowest BCUT2D eigenvalue weighted by Gasteiger charge is -2.33. The van der Waals surface area contributed by atoms with Gasteiger partial charge in [-0.25, -0.2) is 14.8 Å². The number of amides is 2. The molecule has 0 atom stereocenters. The summed E-state index contributed by atoms with van der Waals surface area (Å²) in [5.74, 6) is 0.678. The van der Waals surface area contributed by atoms with E-state index in [1.165, 1.54) is 18.0 Å². The van der Waals surface area contributed by atoms with Gasteiger partial charge in [0.2, 0.25) is 5.95 Å². The Morgan fingerprint density at radius 3 is 2.31 bits per heavy atom. The van der Waals surface area contributed by atoms with E-state index in [-0.39, 0.29) is 12.0 Å². The van der Waals surface area contributed by atoms with Crippen LogP contribution in [0.2, 0.25) is 0 Å². The average molecular weight is 397 g/mol. The predicted molar refractivity (Wildman–Crippen MR) is 110 cm³/mol. The maximum Gasteiger partial charge on any atom is 0.409 e. The summed E-state index contributed by atoms with van der Waals surface area (Å²) in [5.41, 5.74) is 2.56. The molecule has 2 heterocycles. The van der Waals surface area contributed by atoms with Gasteiger partial charge in [0.15, 0.2) is 0 Å². The molecule has 0 spiro atoms. The first-order valence-electron chi connectivity index (χ1n) is 9.88. The molecule has 1 aromatic carbocycles. The van der Waals surface area contributed by atoms with E-state index in [0.29, 0.717) is 50.2 Å². The fourth-order valence-electron chi connectivity index (χ4n) is 3.23. The smallest absolute Gasteiger partial charge is 0.409 e. The van der Waals surface area contributed by atoms with Gasteiger partial charge in [-0.3, -0.25) is 4.79 Å². The minimum Gasteiger partial charge on any atom is -0.450 e. The van der Waals surface area contributed by atoms with Gasteiger partial charge in [-0.1, -0.05) is 32.0 Å². The Morgan fingerprint density at radius 2 is 1.69 bits per heavy atom. The first-order chi connectivity index (χ1) is 14.0. The average Bonchev–Trinajstić information content (AvgIpc) is 2.74. The normalized spacial score (nSPS) is 14.1. The first kappa shape index (κ1) is 20.6. The number of benzene rings is 1. The predicted octanol–water partition coefficient (Wildman–Crippen LogP) is 3.26. The fourth-order valence-corrected chi connectivity index (χ4v) is 3.23. The van der Waals surface area contributed by atoms with Gasteiger partial charge in [0.25, 0.3) is 5.91 Å². The molecule has 1 aliphatic heterocycles. The Hall–Kier alpha value is -3.16. The van der Waals surface area contributed by atoms with Crippen LogP contribution in [0, 0.1) is 0 Å². The number of ether oxygens (including phenoxy) is 1. The van der Waals surface area contributed by atoms with Gasteiger partial charge in [-0.2, -0.15) is 0 Å². The molecule has 8 heteroatoms. The van der Waals surface area contributed by atoms with Crippen LogP contribution in [0.5, 0.6) is 0 Å². The second kappa shape index (κ2) is 9.36. The maximum atomic E-state index is 12.7. The van der Waals surface area contributed by atoms with E-state index in [9.17, 15) is 9.59 Å². The van der Waals surface area contributed by atoms with E-state index in [1.807, 2.05) is 18.2 Å². The second-order valence-electron chi connectivity index (χ2n) is 7.14. The summed E-state index contributed by atoms with van der Waals surface area (Å²) in [7, 11) is 0. The minimum absolute atomic E-state index is 0.136. The maximum absolute atomic E-state index is 12.7. The SMILES string of the molecule is CCOC(=O)N1CCN(C(=O)c2cnc(Nc3ccccc3C(C)C)nc2)CC1. The van der Waals surface area contributed by atoms with Crippen molar-refractivity contribution < 1.29 is 14.3 Å². The number of carbonyl (C=O) groups excluding carboxylic acids is 2.